The normalized spacial score (nSPS) is 10.8. The largest absolute Gasteiger partial charge is 0.293 e. The van der Waals surface area contributed by atoms with E-state index in [-0.39, 0.29) is 11.5 Å². The molecule has 0 aliphatic heterocycles. The first-order valence-electron chi connectivity index (χ1n) is 6.82. The van der Waals surface area contributed by atoms with E-state index in [0.717, 1.165) is 5.56 Å². The van der Waals surface area contributed by atoms with E-state index in [0.29, 0.717) is 31.6 Å². The molecule has 122 valence electrons. The average molecular weight is 399 g/mol. The number of carbonyl (C=O) groups is 1. The molecule has 0 spiro atoms. The van der Waals surface area contributed by atoms with Crippen LogP contribution in [0.25, 0.3) is 11.4 Å². The summed E-state index contributed by atoms with van der Waals surface area (Å²) in [5.74, 6) is 0.753. The van der Waals surface area contributed by atoms with Gasteiger partial charge in [-0.1, -0.05) is 46.6 Å². The average Bonchev–Trinajstić information content (AvgIpc) is 3.05. The Kier molecular flexibility index (Phi) is 5.46. The standard InChI is InChI=1S/C16H10Cl3N3OS/c17-11-4-1-9(2-5-11)15-20-16(22-21-15)24-8-14(23)10-3-6-12(18)13(19)7-10/h1-7H,8H2,(H,20,21,22). The molecule has 1 aromatic heterocycles. The van der Waals surface area contributed by atoms with Gasteiger partial charge in [-0.2, -0.15) is 0 Å². The van der Waals surface area contributed by atoms with Crippen LogP contribution in [0.15, 0.2) is 47.6 Å². The lowest BCUT2D eigenvalue weighted by Gasteiger charge is -2.01. The molecule has 0 saturated heterocycles. The number of Topliss-reactive ketones (excluding diaryl/α,β-unsaturated/α-hetero) is 1. The highest BCUT2D eigenvalue weighted by molar-refractivity contribution is 7.99. The van der Waals surface area contributed by atoms with Crippen molar-refractivity contribution in [1.82, 2.24) is 15.2 Å². The fraction of sp³-hybridized carbons (Fsp3) is 0.0625. The zero-order valence-corrected chi connectivity index (χ0v) is 15.2. The summed E-state index contributed by atoms with van der Waals surface area (Å²) in [7, 11) is 0. The summed E-state index contributed by atoms with van der Waals surface area (Å²) in [6, 6.07) is 12.1. The maximum Gasteiger partial charge on any atom is 0.209 e. The van der Waals surface area contributed by atoms with Gasteiger partial charge in [0.1, 0.15) is 0 Å². The van der Waals surface area contributed by atoms with Gasteiger partial charge in [0.05, 0.1) is 15.8 Å². The monoisotopic (exact) mass is 397 g/mol. The molecule has 24 heavy (non-hydrogen) atoms. The smallest absolute Gasteiger partial charge is 0.209 e. The van der Waals surface area contributed by atoms with Crippen molar-refractivity contribution in [2.24, 2.45) is 0 Å². The summed E-state index contributed by atoms with van der Waals surface area (Å²) in [6.07, 6.45) is 0. The van der Waals surface area contributed by atoms with Gasteiger partial charge >= 0.3 is 0 Å². The maximum atomic E-state index is 12.2. The Labute approximate surface area is 157 Å². The number of benzene rings is 2. The molecule has 0 unspecified atom stereocenters. The number of halogens is 3. The summed E-state index contributed by atoms with van der Waals surface area (Å²) in [5.41, 5.74) is 1.37. The van der Waals surface area contributed by atoms with Gasteiger partial charge in [-0.25, -0.2) is 4.98 Å². The number of hydrogen-bond donors (Lipinski definition) is 1. The molecule has 0 saturated carbocycles. The lowest BCUT2D eigenvalue weighted by molar-refractivity contribution is 0.102. The Morgan fingerprint density at radius 3 is 2.50 bits per heavy atom. The van der Waals surface area contributed by atoms with Crippen LogP contribution in [0.4, 0.5) is 0 Å². The number of aromatic amines is 1. The van der Waals surface area contributed by atoms with Crippen LogP contribution in [0.2, 0.25) is 15.1 Å². The molecular weight excluding hydrogens is 389 g/mol. The summed E-state index contributed by atoms with van der Waals surface area (Å²) < 4.78 is 0. The molecule has 0 aliphatic carbocycles. The molecule has 1 heterocycles. The molecule has 0 aliphatic rings. The van der Waals surface area contributed by atoms with Crippen LogP contribution in [0, 0.1) is 0 Å². The molecule has 0 bridgehead atoms. The second kappa shape index (κ2) is 7.57. The molecule has 3 rings (SSSR count). The minimum absolute atomic E-state index is 0.0728. The predicted octanol–water partition coefficient (Wildman–Crippen LogP) is 5.41. The third-order valence-corrected chi connectivity index (χ3v) is 4.99. The molecule has 3 aromatic rings. The van der Waals surface area contributed by atoms with Gasteiger partial charge in [0, 0.05) is 16.1 Å². The number of rotatable bonds is 5. The highest BCUT2D eigenvalue weighted by atomic mass is 35.5. The lowest BCUT2D eigenvalue weighted by Crippen LogP contribution is -2.02. The number of carbonyl (C=O) groups excluding carboxylic acids is 1. The molecule has 2 aromatic carbocycles. The Morgan fingerprint density at radius 2 is 1.79 bits per heavy atom. The summed E-state index contributed by atoms with van der Waals surface area (Å²) in [4.78, 5) is 16.6. The number of nitrogens with zero attached hydrogens (tertiary/aromatic N) is 2. The highest BCUT2D eigenvalue weighted by Crippen LogP contribution is 2.25. The van der Waals surface area contributed by atoms with E-state index in [2.05, 4.69) is 15.2 Å². The fourth-order valence-corrected chi connectivity index (χ4v) is 3.05. The molecule has 0 fully saturated rings. The fourth-order valence-electron chi connectivity index (χ4n) is 1.93. The van der Waals surface area contributed by atoms with Gasteiger partial charge in [-0.15, -0.1) is 5.10 Å². The number of nitrogens with one attached hydrogen (secondary N) is 1. The Bertz CT molecular complexity index is 881. The molecular formula is C16H10Cl3N3OS. The molecule has 1 N–H and O–H groups in total. The second-order valence-electron chi connectivity index (χ2n) is 4.81. The Hall–Kier alpha value is -1.53. The van der Waals surface area contributed by atoms with Crippen molar-refractivity contribution in [1.29, 1.82) is 0 Å². The lowest BCUT2D eigenvalue weighted by atomic mass is 10.1. The second-order valence-corrected chi connectivity index (χ2v) is 7.01. The third kappa shape index (κ3) is 4.11. The van der Waals surface area contributed by atoms with Crippen LogP contribution in [-0.4, -0.2) is 26.7 Å². The Morgan fingerprint density at radius 1 is 1.04 bits per heavy atom. The van der Waals surface area contributed by atoms with Crippen molar-refractivity contribution in [3.63, 3.8) is 0 Å². The van der Waals surface area contributed by atoms with E-state index in [1.165, 1.54) is 11.8 Å². The van der Waals surface area contributed by atoms with E-state index in [1.54, 1.807) is 30.3 Å². The van der Waals surface area contributed by atoms with Crippen molar-refractivity contribution in [3.8, 4) is 11.4 Å². The van der Waals surface area contributed by atoms with E-state index in [9.17, 15) is 4.79 Å². The molecule has 4 nitrogen and oxygen atoms in total. The summed E-state index contributed by atoms with van der Waals surface area (Å²) in [6.45, 7) is 0. The minimum atomic E-state index is -0.0728. The van der Waals surface area contributed by atoms with Crippen LogP contribution >= 0.6 is 46.6 Å². The first kappa shape index (κ1) is 17.3. The molecule has 0 radical (unpaired) electrons. The van der Waals surface area contributed by atoms with E-state index in [4.69, 9.17) is 34.8 Å². The van der Waals surface area contributed by atoms with Crippen molar-refractivity contribution < 1.29 is 4.79 Å². The zero-order valence-electron chi connectivity index (χ0n) is 12.1. The van der Waals surface area contributed by atoms with Gasteiger partial charge in [-0.05, 0) is 42.5 Å². The summed E-state index contributed by atoms with van der Waals surface area (Å²) in [5, 5.41) is 8.88. The minimum Gasteiger partial charge on any atom is -0.293 e. The van der Waals surface area contributed by atoms with Gasteiger partial charge in [0.25, 0.3) is 0 Å². The van der Waals surface area contributed by atoms with Gasteiger partial charge in [-0.3, -0.25) is 9.89 Å². The van der Waals surface area contributed by atoms with Crippen molar-refractivity contribution >= 4 is 52.3 Å². The van der Waals surface area contributed by atoms with E-state index >= 15 is 0 Å². The van der Waals surface area contributed by atoms with Crippen molar-refractivity contribution in [2.45, 2.75) is 5.16 Å². The van der Waals surface area contributed by atoms with Gasteiger partial charge in [0.15, 0.2) is 11.6 Å². The SMILES string of the molecule is O=C(CSc1n[nH]c(-c2ccc(Cl)cc2)n1)c1ccc(Cl)c(Cl)c1. The number of aromatic nitrogens is 3. The van der Waals surface area contributed by atoms with Gasteiger partial charge in [0.2, 0.25) is 5.16 Å². The molecule has 0 amide bonds. The predicted molar refractivity (Wildman–Crippen MR) is 98.3 cm³/mol. The quantitative estimate of drug-likeness (QED) is 0.461. The third-order valence-electron chi connectivity index (χ3n) is 3.16. The van der Waals surface area contributed by atoms with Crippen LogP contribution < -0.4 is 0 Å². The topological polar surface area (TPSA) is 58.6 Å². The van der Waals surface area contributed by atoms with E-state index < -0.39 is 0 Å². The number of thioether (sulfide) groups is 1. The molecule has 8 heteroatoms. The van der Waals surface area contributed by atoms with Crippen LogP contribution in [0.1, 0.15) is 10.4 Å². The van der Waals surface area contributed by atoms with E-state index in [1.807, 2.05) is 12.1 Å². The summed E-state index contributed by atoms with van der Waals surface area (Å²) >= 11 is 18.9. The first-order valence-corrected chi connectivity index (χ1v) is 8.94. The highest BCUT2D eigenvalue weighted by Gasteiger charge is 2.12. The number of ketones is 1. The van der Waals surface area contributed by atoms with Crippen molar-refractivity contribution in [2.75, 3.05) is 5.75 Å². The van der Waals surface area contributed by atoms with Crippen LogP contribution in [0.3, 0.4) is 0 Å². The number of H-pyrrole nitrogens is 1. The van der Waals surface area contributed by atoms with Crippen LogP contribution in [-0.2, 0) is 0 Å². The first-order chi connectivity index (χ1) is 11.5. The Balaban J connectivity index is 1.65. The zero-order chi connectivity index (χ0) is 17.1. The molecule has 0 atom stereocenters. The van der Waals surface area contributed by atoms with Crippen molar-refractivity contribution in [3.05, 3.63) is 63.1 Å². The van der Waals surface area contributed by atoms with Gasteiger partial charge < -0.3 is 0 Å². The number of hydrogen-bond acceptors (Lipinski definition) is 4. The maximum absolute atomic E-state index is 12.2. The van der Waals surface area contributed by atoms with Crippen LogP contribution in [0.5, 0.6) is 0 Å².